The van der Waals surface area contributed by atoms with Gasteiger partial charge >= 0.3 is 6.09 Å². The van der Waals surface area contributed by atoms with Gasteiger partial charge in [-0.15, -0.1) is 11.3 Å². The Morgan fingerprint density at radius 2 is 1.68 bits per heavy atom. The van der Waals surface area contributed by atoms with Crippen molar-refractivity contribution in [2.24, 2.45) is 0 Å². The molecule has 0 aliphatic carbocycles. The van der Waals surface area contributed by atoms with Crippen LogP contribution in [0, 0.1) is 0 Å². The summed E-state index contributed by atoms with van der Waals surface area (Å²) < 4.78 is 14.7. The Morgan fingerprint density at radius 3 is 2.32 bits per heavy atom. The van der Waals surface area contributed by atoms with Gasteiger partial charge in [-0.25, -0.2) is 4.79 Å². The first-order valence-corrected chi connectivity index (χ1v) is 7.88. The van der Waals surface area contributed by atoms with Gasteiger partial charge in [0.15, 0.2) is 11.5 Å². The predicted molar refractivity (Wildman–Crippen MR) is 91.7 cm³/mol. The normalized spacial score (nSPS) is 9.88. The van der Waals surface area contributed by atoms with Gasteiger partial charge in [0, 0.05) is 5.56 Å². The third kappa shape index (κ3) is 4.27. The zero-order chi connectivity index (χ0) is 18.4. The smallest absolute Gasteiger partial charge is 0.413 e. The third-order valence-electron chi connectivity index (χ3n) is 3.18. The second-order valence-corrected chi connectivity index (χ2v) is 5.55. The molecule has 0 unspecified atom stereocenters. The molecule has 0 radical (unpaired) electrons. The maximum absolute atomic E-state index is 12.4. The lowest BCUT2D eigenvalue weighted by Gasteiger charge is -2.10. The van der Waals surface area contributed by atoms with Crippen LogP contribution in [0.3, 0.4) is 0 Å². The van der Waals surface area contributed by atoms with Gasteiger partial charge < -0.3 is 19.5 Å². The van der Waals surface area contributed by atoms with E-state index in [1.165, 1.54) is 26.4 Å². The Kier molecular flexibility index (Phi) is 5.96. The minimum Gasteiger partial charge on any atom is -0.493 e. The summed E-state index contributed by atoms with van der Waals surface area (Å²) in [6.07, 6.45) is -0.881. The van der Waals surface area contributed by atoms with Gasteiger partial charge in [0.2, 0.25) is 0 Å². The molecule has 2 N–H and O–H groups in total. The number of anilines is 1. The van der Waals surface area contributed by atoms with Crippen molar-refractivity contribution in [2.75, 3.05) is 26.6 Å². The number of imide groups is 1. The lowest BCUT2D eigenvalue weighted by atomic mass is 10.2. The van der Waals surface area contributed by atoms with Gasteiger partial charge in [0.1, 0.15) is 5.00 Å². The number of nitrogens with one attached hydrogen (secondary N) is 2. The molecule has 0 saturated carbocycles. The van der Waals surface area contributed by atoms with Crippen LogP contribution in [-0.4, -0.2) is 39.2 Å². The van der Waals surface area contributed by atoms with Crippen LogP contribution in [-0.2, 0) is 4.74 Å². The second-order valence-electron chi connectivity index (χ2n) is 4.63. The van der Waals surface area contributed by atoms with Gasteiger partial charge in [0.25, 0.3) is 11.8 Å². The minimum atomic E-state index is -0.881. The van der Waals surface area contributed by atoms with Crippen molar-refractivity contribution in [3.05, 3.63) is 40.8 Å². The molecule has 2 rings (SSSR count). The van der Waals surface area contributed by atoms with Crippen LogP contribution in [0.1, 0.15) is 20.7 Å². The van der Waals surface area contributed by atoms with E-state index in [-0.39, 0.29) is 5.56 Å². The lowest BCUT2D eigenvalue weighted by molar-refractivity contribution is 0.0938. The van der Waals surface area contributed by atoms with Crippen molar-refractivity contribution in [3.63, 3.8) is 0 Å². The fraction of sp³-hybridized carbons (Fsp3) is 0.188. The monoisotopic (exact) mass is 364 g/mol. The summed E-state index contributed by atoms with van der Waals surface area (Å²) in [5.74, 6) is -0.204. The molecule has 25 heavy (non-hydrogen) atoms. The van der Waals surface area contributed by atoms with E-state index in [1.807, 2.05) is 5.32 Å². The molecule has 8 nitrogen and oxygen atoms in total. The molecule has 1 heterocycles. The van der Waals surface area contributed by atoms with Crippen molar-refractivity contribution in [3.8, 4) is 11.5 Å². The zero-order valence-corrected chi connectivity index (χ0v) is 14.6. The summed E-state index contributed by atoms with van der Waals surface area (Å²) >= 11 is 1.15. The van der Waals surface area contributed by atoms with Crippen LogP contribution in [0.4, 0.5) is 9.80 Å². The van der Waals surface area contributed by atoms with E-state index in [0.717, 1.165) is 18.4 Å². The first-order valence-electron chi connectivity index (χ1n) is 7.00. The van der Waals surface area contributed by atoms with Crippen molar-refractivity contribution < 1.29 is 28.6 Å². The lowest BCUT2D eigenvalue weighted by Crippen LogP contribution is -2.30. The molecule has 0 atom stereocenters. The van der Waals surface area contributed by atoms with Crippen LogP contribution in [0.5, 0.6) is 11.5 Å². The van der Waals surface area contributed by atoms with E-state index >= 15 is 0 Å². The molecule has 1 aromatic carbocycles. The number of carbonyl (C=O) groups excluding carboxylic acids is 3. The quantitative estimate of drug-likeness (QED) is 0.845. The molecule has 132 valence electrons. The van der Waals surface area contributed by atoms with Crippen LogP contribution in [0.25, 0.3) is 0 Å². The fourth-order valence-corrected chi connectivity index (χ4v) is 2.73. The molecule has 3 amide bonds. The molecular formula is C16H16N2O6S. The first kappa shape index (κ1) is 18.3. The Balaban J connectivity index is 2.18. The number of hydrogen-bond acceptors (Lipinski definition) is 7. The summed E-state index contributed by atoms with van der Waals surface area (Å²) in [4.78, 5) is 35.6. The number of benzene rings is 1. The number of rotatable bonds is 5. The predicted octanol–water partition coefficient (Wildman–Crippen LogP) is 2.51. The highest BCUT2D eigenvalue weighted by Crippen LogP contribution is 2.29. The van der Waals surface area contributed by atoms with E-state index in [9.17, 15) is 14.4 Å². The van der Waals surface area contributed by atoms with Crippen molar-refractivity contribution >= 4 is 34.2 Å². The van der Waals surface area contributed by atoms with Crippen LogP contribution >= 0.6 is 11.3 Å². The highest BCUT2D eigenvalue weighted by atomic mass is 32.1. The van der Waals surface area contributed by atoms with Crippen molar-refractivity contribution in [2.45, 2.75) is 0 Å². The van der Waals surface area contributed by atoms with E-state index in [4.69, 9.17) is 9.47 Å². The topological polar surface area (TPSA) is 103 Å². The molecule has 2 aromatic rings. The average Bonchev–Trinajstić information content (AvgIpc) is 3.08. The largest absolute Gasteiger partial charge is 0.493 e. The highest BCUT2D eigenvalue weighted by molar-refractivity contribution is 7.14. The number of thiophene rings is 1. The van der Waals surface area contributed by atoms with Gasteiger partial charge in [-0.2, -0.15) is 0 Å². The summed E-state index contributed by atoms with van der Waals surface area (Å²) in [6.45, 7) is 0. The van der Waals surface area contributed by atoms with Crippen LogP contribution in [0.15, 0.2) is 29.6 Å². The highest BCUT2D eigenvalue weighted by Gasteiger charge is 2.18. The molecule has 0 aliphatic heterocycles. The van der Waals surface area contributed by atoms with Crippen LogP contribution < -0.4 is 20.1 Å². The molecular weight excluding hydrogens is 348 g/mol. The fourth-order valence-electron chi connectivity index (χ4n) is 1.95. The first-order chi connectivity index (χ1) is 12.0. The van der Waals surface area contributed by atoms with Crippen LogP contribution in [0.2, 0.25) is 0 Å². The van der Waals surface area contributed by atoms with Gasteiger partial charge in [-0.1, -0.05) is 0 Å². The van der Waals surface area contributed by atoms with Gasteiger partial charge in [-0.05, 0) is 29.6 Å². The van der Waals surface area contributed by atoms with E-state index in [1.54, 1.807) is 17.5 Å². The van der Waals surface area contributed by atoms with E-state index < -0.39 is 17.9 Å². The summed E-state index contributed by atoms with van der Waals surface area (Å²) in [6, 6.07) is 6.19. The van der Waals surface area contributed by atoms with Crippen molar-refractivity contribution in [1.82, 2.24) is 5.32 Å². The zero-order valence-electron chi connectivity index (χ0n) is 13.7. The van der Waals surface area contributed by atoms with E-state index in [2.05, 4.69) is 10.1 Å². The number of alkyl carbamates (subject to hydrolysis) is 1. The summed E-state index contributed by atoms with van der Waals surface area (Å²) in [5.41, 5.74) is 0.481. The van der Waals surface area contributed by atoms with E-state index in [0.29, 0.717) is 22.1 Å². The molecule has 9 heteroatoms. The molecule has 0 saturated heterocycles. The SMILES string of the molecule is COC(=O)NC(=O)c1ccsc1NC(=O)c1ccc(OC)c(OC)c1. The number of hydrogen-bond donors (Lipinski definition) is 2. The van der Waals surface area contributed by atoms with Gasteiger partial charge in [-0.3, -0.25) is 14.9 Å². The average molecular weight is 364 g/mol. The number of ether oxygens (including phenoxy) is 3. The maximum Gasteiger partial charge on any atom is 0.413 e. The molecule has 0 bridgehead atoms. The molecule has 0 spiro atoms. The standard InChI is InChI=1S/C16H16N2O6S/c1-22-11-5-4-9(8-12(11)23-2)13(19)17-15-10(6-7-25-15)14(20)18-16(21)24-3/h4-8H,1-3H3,(H,17,19)(H,18,20,21). The Hall–Kier alpha value is -3.07. The number of carbonyl (C=O) groups is 3. The molecule has 0 aliphatic rings. The second kappa shape index (κ2) is 8.15. The number of amides is 3. The maximum atomic E-state index is 12.4. The molecule has 1 aromatic heterocycles. The number of methoxy groups -OCH3 is 3. The molecule has 0 fully saturated rings. The Labute approximate surface area is 147 Å². The Bertz CT molecular complexity index is 802. The Morgan fingerprint density at radius 1 is 0.960 bits per heavy atom. The minimum absolute atomic E-state index is 0.157. The van der Waals surface area contributed by atoms with Gasteiger partial charge in [0.05, 0.1) is 26.9 Å². The summed E-state index contributed by atoms with van der Waals surface area (Å²) in [5, 5.41) is 6.60. The summed E-state index contributed by atoms with van der Waals surface area (Å²) in [7, 11) is 4.11. The third-order valence-corrected chi connectivity index (χ3v) is 4.01. The van der Waals surface area contributed by atoms with Crippen molar-refractivity contribution in [1.29, 1.82) is 0 Å².